The molecule has 116 valence electrons. The molecule has 1 aliphatic carbocycles. The molecule has 0 bridgehead atoms. The molecule has 1 aliphatic heterocycles. The lowest BCUT2D eigenvalue weighted by atomic mass is 9.73. The Morgan fingerprint density at radius 2 is 2.05 bits per heavy atom. The fourth-order valence-corrected chi connectivity index (χ4v) is 4.48. The van der Waals surface area contributed by atoms with Crippen LogP contribution in [-0.2, 0) is 13.0 Å². The van der Waals surface area contributed by atoms with Gasteiger partial charge in [-0.25, -0.2) is 0 Å². The van der Waals surface area contributed by atoms with Gasteiger partial charge in [0.25, 0.3) is 0 Å². The Balaban J connectivity index is 1.81. The second-order valence-corrected chi connectivity index (χ2v) is 7.60. The van der Waals surface area contributed by atoms with Gasteiger partial charge in [0.2, 0.25) is 0 Å². The summed E-state index contributed by atoms with van der Waals surface area (Å²) >= 11 is 0. The number of anilines is 1. The van der Waals surface area contributed by atoms with Crippen molar-refractivity contribution in [3.63, 3.8) is 0 Å². The molecule has 2 aliphatic rings. The quantitative estimate of drug-likeness (QED) is 0.830. The van der Waals surface area contributed by atoms with Gasteiger partial charge in [-0.05, 0) is 54.2 Å². The van der Waals surface area contributed by atoms with Gasteiger partial charge in [-0.1, -0.05) is 39.3 Å². The summed E-state index contributed by atoms with van der Waals surface area (Å²) in [4.78, 5) is 2.74. The zero-order valence-electron chi connectivity index (χ0n) is 13.8. The number of fused-ring (bicyclic) bond motifs is 1. The maximum Gasteiger partial charge on any atom is 0.0362 e. The topological polar surface area (TPSA) is 29.3 Å². The largest absolute Gasteiger partial charge is 0.398 e. The van der Waals surface area contributed by atoms with Crippen molar-refractivity contribution in [1.82, 2.24) is 4.90 Å². The number of nitrogens with two attached hydrogens (primary N) is 1. The second kappa shape index (κ2) is 6.00. The minimum Gasteiger partial charge on any atom is -0.398 e. The number of hydrogen-bond acceptors (Lipinski definition) is 2. The van der Waals surface area contributed by atoms with Crippen molar-refractivity contribution in [2.75, 3.05) is 12.3 Å². The van der Waals surface area contributed by atoms with Crippen LogP contribution in [0, 0.1) is 17.8 Å². The highest BCUT2D eigenvalue weighted by molar-refractivity contribution is 5.51. The Hall–Kier alpha value is -1.02. The van der Waals surface area contributed by atoms with Crippen molar-refractivity contribution in [3.8, 4) is 0 Å². The highest BCUT2D eigenvalue weighted by Gasteiger charge is 2.35. The molecular weight excluding hydrogens is 256 g/mol. The van der Waals surface area contributed by atoms with Crippen molar-refractivity contribution in [2.45, 2.75) is 59.0 Å². The lowest BCUT2D eigenvalue weighted by Crippen LogP contribution is -2.47. The minimum atomic E-state index is 0.751. The molecule has 1 heterocycles. The first-order valence-electron chi connectivity index (χ1n) is 8.66. The van der Waals surface area contributed by atoms with Gasteiger partial charge in [0.1, 0.15) is 0 Å². The second-order valence-electron chi connectivity index (χ2n) is 7.60. The van der Waals surface area contributed by atoms with Gasteiger partial charge >= 0.3 is 0 Å². The summed E-state index contributed by atoms with van der Waals surface area (Å²) in [6.45, 7) is 9.50. The van der Waals surface area contributed by atoms with E-state index in [1.165, 1.54) is 36.9 Å². The van der Waals surface area contributed by atoms with E-state index in [4.69, 9.17) is 5.73 Å². The Morgan fingerprint density at radius 3 is 2.81 bits per heavy atom. The lowest BCUT2D eigenvalue weighted by Gasteiger charge is -2.45. The molecular formula is C19H30N2. The summed E-state index contributed by atoms with van der Waals surface area (Å²) in [5.74, 6) is 2.52. The van der Waals surface area contributed by atoms with Crippen molar-refractivity contribution in [3.05, 3.63) is 29.3 Å². The molecule has 1 saturated carbocycles. The normalized spacial score (nSPS) is 30.4. The van der Waals surface area contributed by atoms with E-state index in [0.717, 1.165) is 42.4 Å². The minimum absolute atomic E-state index is 0.751. The van der Waals surface area contributed by atoms with E-state index in [9.17, 15) is 0 Å². The number of hydrogen-bond donors (Lipinski definition) is 1. The zero-order chi connectivity index (χ0) is 15.0. The summed E-state index contributed by atoms with van der Waals surface area (Å²) in [5, 5.41) is 0. The molecule has 1 fully saturated rings. The molecule has 0 radical (unpaired) electrons. The molecule has 21 heavy (non-hydrogen) atoms. The third-order valence-corrected chi connectivity index (χ3v) is 5.80. The van der Waals surface area contributed by atoms with Crippen LogP contribution in [0.3, 0.4) is 0 Å². The number of nitrogen functional groups attached to an aromatic ring is 1. The van der Waals surface area contributed by atoms with Crippen molar-refractivity contribution < 1.29 is 0 Å². The van der Waals surface area contributed by atoms with E-state index < -0.39 is 0 Å². The molecule has 3 rings (SSSR count). The molecule has 2 N–H and O–H groups in total. The van der Waals surface area contributed by atoms with Crippen LogP contribution in [0.2, 0.25) is 0 Å². The van der Waals surface area contributed by atoms with Crippen LogP contribution >= 0.6 is 0 Å². The maximum atomic E-state index is 6.23. The number of benzene rings is 1. The van der Waals surface area contributed by atoms with Crippen LogP contribution in [0.25, 0.3) is 0 Å². The summed E-state index contributed by atoms with van der Waals surface area (Å²) < 4.78 is 0. The molecule has 3 unspecified atom stereocenters. The zero-order valence-corrected chi connectivity index (χ0v) is 13.8. The molecule has 0 amide bonds. The van der Waals surface area contributed by atoms with Crippen LogP contribution < -0.4 is 5.73 Å². The maximum absolute atomic E-state index is 6.23. The molecule has 3 atom stereocenters. The van der Waals surface area contributed by atoms with Crippen molar-refractivity contribution in [2.24, 2.45) is 17.8 Å². The Labute approximate surface area is 129 Å². The van der Waals surface area contributed by atoms with Gasteiger partial charge in [0.15, 0.2) is 0 Å². The van der Waals surface area contributed by atoms with Gasteiger partial charge in [-0.15, -0.1) is 0 Å². The first kappa shape index (κ1) is 14.9. The fraction of sp³-hybridized carbons (Fsp3) is 0.684. The first-order valence-corrected chi connectivity index (χ1v) is 8.66. The van der Waals surface area contributed by atoms with Crippen molar-refractivity contribution in [1.29, 1.82) is 0 Å². The SMILES string of the molecule is CC1CCC(C(C)C)C(N2CCc3cccc(N)c3C2)C1. The number of nitrogens with zero attached hydrogens (tertiary/aromatic N) is 1. The third-order valence-electron chi connectivity index (χ3n) is 5.80. The molecule has 0 aromatic heterocycles. The van der Waals surface area contributed by atoms with E-state index in [2.05, 4.69) is 43.9 Å². The molecule has 1 aromatic carbocycles. The molecule has 0 spiro atoms. The molecule has 0 saturated heterocycles. The van der Waals surface area contributed by atoms with Gasteiger partial charge in [0, 0.05) is 24.8 Å². The van der Waals surface area contributed by atoms with Gasteiger partial charge in [0.05, 0.1) is 0 Å². The van der Waals surface area contributed by atoms with Crippen LogP contribution in [0.1, 0.15) is 51.2 Å². The summed E-state index contributed by atoms with van der Waals surface area (Å²) in [7, 11) is 0. The third kappa shape index (κ3) is 2.96. The molecule has 2 heteroatoms. The standard InChI is InChI=1S/C19H30N2/c1-13(2)16-8-7-14(3)11-19(16)21-10-9-15-5-4-6-18(20)17(15)12-21/h4-6,13-14,16,19H,7-12,20H2,1-3H3. The van der Waals surface area contributed by atoms with E-state index in [1.54, 1.807) is 0 Å². The van der Waals surface area contributed by atoms with Crippen LogP contribution in [0.4, 0.5) is 5.69 Å². The van der Waals surface area contributed by atoms with Gasteiger partial charge in [-0.2, -0.15) is 0 Å². The van der Waals surface area contributed by atoms with E-state index in [0.29, 0.717) is 0 Å². The summed E-state index contributed by atoms with van der Waals surface area (Å²) in [6, 6.07) is 7.17. The highest BCUT2D eigenvalue weighted by Crippen LogP contribution is 2.38. The Kier molecular flexibility index (Phi) is 4.26. The van der Waals surface area contributed by atoms with Gasteiger partial charge < -0.3 is 5.73 Å². The summed E-state index contributed by atoms with van der Waals surface area (Å²) in [5.41, 5.74) is 10.1. The average Bonchev–Trinajstić information content (AvgIpc) is 2.47. The number of rotatable bonds is 2. The monoisotopic (exact) mass is 286 g/mol. The predicted octanol–water partition coefficient (Wildman–Crippen LogP) is 4.09. The molecule has 1 aromatic rings. The smallest absolute Gasteiger partial charge is 0.0362 e. The van der Waals surface area contributed by atoms with Gasteiger partial charge in [-0.3, -0.25) is 4.90 Å². The van der Waals surface area contributed by atoms with Crippen LogP contribution in [0.15, 0.2) is 18.2 Å². The summed E-state index contributed by atoms with van der Waals surface area (Å²) in [6.07, 6.45) is 5.34. The average molecular weight is 286 g/mol. The Morgan fingerprint density at radius 1 is 1.24 bits per heavy atom. The Bertz CT molecular complexity index is 494. The predicted molar refractivity (Wildman–Crippen MR) is 90.1 cm³/mol. The fourth-order valence-electron chi connectivity index (χ4n) is 4.48. The highest BCUT2D eigenvalue weighted by atomic mass is 15.2. The van der Waals surface area contributed by atoms with E-state index in [-0.39, 0.29) is 0 Å². The van der Waals surface area contributed by atoms with Crippen molar-refractivity contribution >= 4 is 5.69 Å². The van der Waals surface area contributed by atoms with E-state index in [1.807, 2.05) is 0 Å². The molecule has 2 nitrogen and oxygen atoms in total. The van der Waals surface area contributed by atoms with Crippen LogP contribution in [-0.4, -0.2) is 17.5 Å². The van der Waals surface area contributed by atoms with Crippen LogP contribution in [0.5, 0.6) is 0 Å². The van der Waals surface area contributed by atoms with E-state index >= 15 is 0 Å². The lowest BCUT2D eigenvalue weighted by molar-refractivity contribution is 0.0501. The first-order chi connectivity index (χ1) is 10.1.